The first-order chi connectivity index (χ1) is 21.4. The summed E-state index contributed by atoms with van der Waals surface area (Å²) < 4.78 is 7.10. The van der Waals surface area contributed by atoms with E-state index in [4.69, 9.17) is 16.3 Å². The molecule has 2 amide bonds. The standard InChI is InChI=1S/C32H35ClN8O3/c1-44-28-9-8-26(41-22-36-37-38-41)20-27(28)30(43)40-18-11-31(21-40,24-5-4-6-25(33)19-24)10-15-39-16-12-32(13-17-39,35-23-42)29-7-2-3-14-34-29/h2-9,14,19-20,22-23H,10-13,15-18,21H2,1H3,(H,35,42). The fourth-order valence-corrected chi connectivity index (χ4v) is 6.86. The van der Waals surface area contributed by atoms with Gasteiger partial charge < -0.3 is 19.9 Å². The van der Waals surface area contributed by atoms with Gasteiger partial charge >= 0.3 is 0 Å². The highest BCUT2D eigenvalue weighted by Crippen LogP contribution is 2.41. The summed E-state index contributed by atoms with van der Waals surface area (Å²) in [6.07, 6.45) is 7.27. The topological polar surface area (TPSA) is 118 Å². The van der Waals surface area contributed by atoms with Crippen LogP contribution < -0.4 is 10.1 Å². The van der Waals surface area contributed by atoms with Crippen molar-refractivity contribution in [3.05, 3.63) is 95.0 Å². The van der Waals surface area contributed by atoms with E-state index in [0.717, 1.165) is 63.0 Å². The fourth-order valence-electron chi connectivity index (χ4n) is 6.67. The number of aromatic nitrogens is 5. The first kappa shape index (κ1) is 29.7. The summed E-state index contributed by atoms with van der Waals surface area (Å²) in [7, 11) is 1.56. The molecular weight excluding hydrogens is 580 g/mol. The Morgan fingerprint density at radius 2 is 1.93 bits per heavy atom. The van der Waals surface area contributed by atoms with Crippen LogP contribution in [0.1, 0.15) is 47.3 Å². The van der Waals surface area contributed by atoms with Gasteiger partial charge in [0, 0.05) is 42.8 Å². The Morgan fingerprint density at radius 3 is 2.64 bits per heavy atom. The number of nitrogens with one attached hydrogen (secondary N) is 1. The van der Waals surface area contributed by atoms with Crippen molar-refractivity contribution >= 4 is 23.9 Å². The number of likely N-dealkylation sites (tertiary alicyclic amines) is 2. The van der Waals surface area contributed by atoms with Gasteiger partial charge in [0.15, 0.2) is 0 Å². The van der Waals surface area contributed by atoms with Crippen molar-refractivity contribution in [3.63, 3.8) is 0 Å². The molecule has 2 fully saturated rings. The summed E-state index contributed by atoms with van der Waals surface area (Å²) in [5.41, 5.74) is 2.44. The molecule has 228 valence electrons. The quantitative estimate of drug-likeness (QED) is 0.269. The lowest BCUT2D eigenvalue weighted by molar-refractivity contribution is -0.112. The summed E-state index contributed by atoms with van der Waals surface area (Å²) in [6, 6.07) is 19.2. The second-order valence-electron chi connectivity index (χ2n) is 11.6. The van der Waals surface area contributed by atoms with Gasteiger partial charge in [-0.05, 0) is 90.7 Å². The van der Waals surface area contributed by atoms with Crippen molar-refractivity contribution in [3.8, 4) is 11.4 Å². The van der Waals surface area contributed by atoms with Crippen LogP contribution in [-0.4, -0.2) is 87.1 Å². The normalized spacial score (nSPS) is 19.9. The third kappa shape index (κ3) is 5.89. The molecule has 12 heteroatoms. The SMILES string of the molecule is COc1ccc(-n2cnnn2)cc1C(=O)N1CCC(CCN2CCC(NC=O)(c3ccccn3)CC2)(c2cccc(Cl)c2)C1. The first-order valence-corrected chi connectivity index (χ1v) is 15.2. The number of tetrazole rings is 1. The Hall–Kier alpha value is -4.35. The predicted molar refractivity (Wildman–Crippen MR) is 165 cm³/mol. The Morgan fingerprint density at radius 1 is 1.07 bits per heavy atom. The van der Waals surface area contributed by atoms with Crippen molar-refractivity contribution in [1.29, 1.82) is 0 Å². The smallest absolute Gasteiger partial charge is 0.257 e. The number of amides is 2. The van der Waals surface area contributed by atoms with E-state index in [0.29, 0.717) is 35.1 Å². The van der Waals surface area contributed by atoms with Crippen molar-refractivity contribution < 1.29 is 14.3 Å². The van der Waals surface area contributed by atoms with Crippen LogP contribution in [0.2, 0.25) is 5.02 Å². The first-order valence-electron chi connectivity index (χ1n) is 14.8. The molecular formula is C32H35ClN8O3. The van der Waals surface area contributed by atoms with Crippen molar-refractivity contribution in [1.82, 2.24) is 40.3 Å². The zero-order valence-electron chi connectivity index (χ0n) is 24.6. The number of pyridine rings is 1. The van der Waals surface area contributed by atoms with Crippen LogP contribution in [0, 0.1) is 0 Å². The molecule has 0 bridgehead atoms. The largest absolute Gasteiger partial charge is 0.496 e. The number of rotatable bonds is 10. The van der Waals surface area contributed by atoms with Crippen LogP contribution >= 0.6 is 11.6 Å². The number of halogens is 1. The van der Waals surface area contributed by atoms with E-state index in [1.807, 2.05) is 47.4 Å². The van der Waals surface area contributed by atoms with Gasteiger partial charge in [-0.25, -0.2) is 4.68 Å². The third-order valence-electron chi connectivity index (χ3n) is 9.21. The summed E-state index contributed by atoms with van der Waals surface area (Å²) in [5.74, 6) is 0.402. The van der Waals surface area contributed by atoms with Crippen LogP contribution in [0.3, 0.4) is 0 Å². The highest BCUT2D eigenvalue weighted by molar-refractivity contribution is 6.30. The second kappa shape index (κ2) is 12.7. The van der Waals surface area contributed by atoms with E-state index in [9.17, 15) is 9.59 Å². The Kier molecular flexibility index (Phi) is 8.58. The van der Waals surface area contributed by atoms with Gasteiger partial charge in [0.2, 0.25) is 6.41 Å². The maximum Gasteiger partial charge on any atom is 0.257 e. The van der Waals surface area contributed by atoms with Gasteiger partial charge in [-0.15, -0.1) is 5.10 Å². The molecule has 1 atom stereocenters. The molecule has 6 rings (SSSR count). The number of methoxy groups -OCH3 is 1. The average molecular weight is 615 g/mol. The number of carbonyl (C=O) groups is 2. The fraction of sp³-hybridized carbons (Fsp3) is 0.375. The van der Waals surface area contributed by atoms with Crippen LogP contribution in [0.25, 0.3) is 5.69 Å². The van der Waals surface area contributed by atoms with E-state index in [1.165, 1.54) is 11.0 Å². The van der Waals surface area contributed by atoms with Gasteiger partial charge in [0.1, 0.15) is 12.1 Å². The minimum atomic E-state index is -0.462. The molecule has 44 heavy (non-hydrogen) atoms. The van der Waals surface area contributed by atoms with Crippen LogP contribution in [0.4, 0.5) is 0 Å². The van der Waals surface area contributed by atoms with E-state index < -0.39 is 5.54 Å². The minimum Gasteiger partial charge on any atom is -0.496 e. The minimum absolute atomic E-state index is 0.0984. The summed E-state index contributed by atoms with van der Waals surface area (Å²) in [4.78, 5) is 34.5. The van der Waals surface area contributed by atoms with Gasteiger partial charge in [-0.1, -0.05) is 29.8 Å². The Labute approximate surface area is 261 Å². The molecule has 2 aromatic carbocycles. The van der Waals surface area contributed by atoms with Gasteiger partial charge in [-0.2, -0.15) is 0 Å². The number of carbonyl (C=O) groups excluding carboxylic acids is 2. The zero-order chi connectivity index (χ0) is 30.6. The molecule has 0 aliphatic carbocycles. The molecule has 2 aromatic heterocycles. The average Bonchev–Trinajstić information content (AvgIpc) is 3.76. The van der Waals surface area contributed by atoms with Crippen molar-refractivity contribution in [2.75, 3.05) is 39.8 Å². The number of ether oxygens (including phenoxy) is 1. The molecule has 0 spiro atoms. The lowest BCUT2D eigenvalue weighted by Crippen LogP contribution is -2.51. The molecule has 2 saturated heterocycles. The van der Waals surface area contributed by atoms with Crippen LogP contribution in [0.15, 0.2) is 73.2 Å². The Balaban J connectivity index is 1.20. The van der Waals surface area contributed by atoms with Crippen molar-refractivity contribution in [2.45, 2.75) is 36.6 Å². The predicted octanol–water partition coefficient (Wildman–Crippen LogP) is 3.63. The molecule has 1 unspecified atom stereocenters. The lowest BCUT2D eigenvalue weighted by atomic mass is 9.76. The summed E-state index contributed by atoms with van der Waals surface area (Å²) in [6.45, 7) is 3.67. The number of nitrogens with zero attached hydrogens (tertiary/aromatic N) is 7. The maximum atomic E-state index is 14.0. The molecule has 0 radical (unpaired) electrons. The molecule has 2 aliphatic rings. The molecule has 4 aromatic rings. The van der Waals surface area contributed by atoms with E-state index in [1.54, 1.807) is 25.4 Å². The maximum absolute atomic E-state index is 14.0. The van der Waals surface area contributed by atoms with E-state index in [-0.39, 0.29) is 11.3 Å². The molecule has 1 N–H and O–H groups in total. The van der Waals surface area contributed by atoms with Crippen LogP contribution in [-0.2, 0) is 15.7 Å². The third-order valence-corrected chi connectivity index (χ3v) is 9.45. The van der Waals surface area contributed by atoms with Crippen molar-refractivity contribution in [2.24, 2.45) is 0 Å². The highest BCUT2D eigenvalue weighted by atomic mass is 35.5. The van der Waals surface area contributed by atoms with Gasteiger partial charge in [0.25, 0.3) is 5.91 Å². The summed E-state index contributed by atoms with van der Waals surface area (Å²) >= 11 is 6.49. The molecule has 0 saturated carbocycles. The lowest BCUT2D eigenvalue weighted by Gasteiger charge is -2.42. The van der Waals surface area contributed by atoms with E-state index in [2.05, 4.69) is 36.8 Å². The molecule has 11 nitrogen and oxygen atoms in total. The number of benzene rings is 2. The number of hydrogen-bond acceptors (Lipinski definition) is 8. The summed E-state index contributed by atoms with van der Waals surface area (Å²) in [5, 5.41) is 15.1. The van der Waals surface area contributed by atoms with Crippen LogP contribution in [0.5, 0.6) is 5.75 Å². The highest BCUT2D eigenvalue weighted by Gasteiger charge is 2.43. The second-order valence-corrected chi connectivity index (χ2v) is 12.0. The number of piperidine rings is 1. The van der Waals surface area contributed by atoms with Gasteiger partial charge in [-0.3, -0.25) is 14.6 Å². The molecule has 4 heterocycles. The molecule has 2 aliphatic heterocycles. The van der Waals surface area contributed by atoms with Gasteiger partial charge in [0.05, 0.1) is 29.6 Å². The number of hydrogen-bond donors (Lipinski definition) is 1. The monoisotopic (exact) mass is 614 g/mol. The Bertz CT molecular complexity index is 1590. The van der Waals surface area contributed by atoms with E-state index >= 15 is 0 Å². The zero-order valence-corrected chi connectivity index (χ0v) is 25.4.